The highest BCUT2D eigenvalue weighted by Gasteiger charge is 2.23. The Morgan fingerprint density at radius 3 is 2.65 bits per heavy atom. The number of carbonyl (C=O) groups excluding carboxylic acids is 2. The Morgan fingerprint density at radius 1 is 1.15 bits per heavy atom. The van der Waals surface area contributed by atoms with Gasteiger partial charge < -0.3 is 20.8 Å². The summed E-state index contributed by atoms with van der Waals surface area (Å²) in [5, 5.41) is 3.71. The molecule has 0 atom stereocenters. The van der Waals surface area contributed by atoms with Crippen LogP contribution in [-0.4, -0.2) is 60.5 Å². The Labute approximate surface area is 231 Å². The van der Waals surface area contributed by atoms with Gasteiger partial charge in [-0.25, -0.2) is 8.42 Å². The van der Waals surface area contributed by atoms with Crippen molar-refractivity contribution >= 4 is 44.0 Å². The van der Waals surface area contributed by atoms with E-state index in [9.17, 15) is 18.0 Å². The molecule has 2 amide bonds. The Hall–Kier alpha value is -4.48. The summed E-state index contributed by atoms with van der Waals surface area (Å²) in [7, 11) is -3.28. The molecule has 0 unspecified atom stereocenters. The third-order valence-corrected chi connectivity index (χ3v) is 8.22. The molecule has 0 bridgehead atoms. The lowest BCUT2D eigenvalue weighted by Gasteiger charge is -2.23. The molecule has 10 nitrogen and oxygen atoms in total. The molecule has 2 aromatic carbocycles. The van der Waals surface area contributed by atoms with Crippen molar-refractivity contribution in [1.29, 1.82) is 0 Å². The number of sulfonamides is 1. The Balaban J connectivity index is 1.47. The summed E-state index contributed by atoms with van der Waals surface area (Å²) in [5.41, 5.74) is 11.6. The van der Waals surface area contributed by atoms with E-state index in [1.54, 1.807) is 24.4 Å². The number of anilines is 1. The standard InChI is InChI=1S/C29H29N5O5S/c1-18-21(6-3-7-25(18)32-27(35)17-39-20-5-4-12-31-16-20)22-8-9-23(29(30)36)28-24(22)15-26(33-28)19-10-13-34(14-11-19)40(2,37)38/h3-10,12,15-16,33H,11,13-14,17H2,1-2H3,(H2,30,36)(H,32,35). The lowest BCUT2D eigenvalue weighted by molar-refractivity contribution is -0.118. The van der Waals surface area contributed by atoms with Crippen LogP contribution in [-0.2, 0) is 14.8 Å². The second-order valence-electron chi connectivity index (χ2n) is 9.60. The number of amides is 2. The molecule has 4 N–H and O–H groups in total. The number of H-pyrrole nitrogens is 1. The van der Waals surface area contributed by atoms with Crippen LogP contribution >= 0.6 is 0 Å². The topological polar surface area (TPSA) is 147 Å². The largest absolute Gasteiger partial charge is 0.482 e. The summed E-state index contributed by atoms with van der Waals surface area (Å²) >= 11 is 0. The lowest BCUT2D eigenvalue weighted by Crippen LogP contribution is -2.33. The number of nitrogens with zero attached hydrogens (tertiary/aromatic N) is 2. The SMILES string of the molecule is Cc1c(NC(=O)COc2cccnc2)cccc1-c1ccc(C(N)=O)c2[nH]c(C3=CCN(S(C)(=O)=O)CC3)cc12. The third-order valence-electron chi connectivity index (χ3n) is 6.95. The van der Waals surface area contributed by atoms with Crippen molar-refractivity contribution in [3.63, 3.8) is 0 Å². The molecule has 2 aromatic heterocycles. The van der Waals surface area contributed by atoms with Gasteiger partial charge >= 0.3 is 0 Å². The van der Waals surface area contributed by atoms with E-state index >= 15 is 0 Å². The molecule has 0 spiro atoms. The second kappa shape index (κ2) is 10.9. The smallest absolute Gasteiger partial charge is 0.262 e. The van der Waals surface area contributed by atoms with Gasteiger partial charge in [0.1, 0.15) is 5.75 Å². The van der Waals surface area contributed by atoms with E-state index in [2.05, 4.69) is 15.3 Å². The van der Waals surface area contributed by atoms with Gasteiger partial charge in [-0.2, -0.15) is 4.31 Å². The second-order valence-corrected chi connectivity index (χ2v) is 11.6. The quantitative estimate of drug-likeness (QED) is 0.300. The van der Waals surface area contributed by atoms with Gasteiger partial charge in [0.2, 0.25) is 10.0 Å². The van der Waals surface area contributed by atoms with Gasteiger partial charge in [-0.3, -0.25) is 14.6 Å². The van der Waals surface area contributed by atoms with Gasteiger partial charge in [0.05, 0.1) is 23.5 Å². The van der Waals surface area contributed by atoms with E-state index in [-0.39, 0.29) is 19.1 Å². The highest BCUT2D eigenvalue weighted by atomic mass is 32.2. The summed E-state index contributed by atoms with van der Waals surface area (Å²) in [5.74, 6) is -0.368. The summed E-state index contributed by atoms with van der Waals surface area (Å²) in [4.78, 5) is 32.2. The maximum Gasteiger partial charge on any atom is 0.262 e. The number of fused-ring (bicyclic) bond motifs is 1. The van der Waals surface area contributed by atoms with Crippen LogP contribution in [0.3, 0.4) is 0 Å². The number of primary amides is 1. The van der Waals surface area contributed by atoms with Crippen LogP contribution in [0.25, 0.3) is 27.6 Å². The van der Waals surface area contributed by atoms with Crippen LogP contribution in [0.2, 0.25) is 0 Å². The number of rotatable bonds is 8. The predicted octanol–water partition coefficient (Wildman–Crippen LogP) is 3.70. The van der Waals surface area contributed by atoms with E-state index in [0.29, 0.717) is 35.5 Å². The van der Waals surface area contributed by atoms with Gasteiger partial charge in [-0.15, -0.1) is 0 Å². The number of aromatic amines is 1. The maximum atomic E-state index is 12.6. The van der Waals surface area contributed by atoms with Gasteiger partial charge in [-0.05, 0) is 65.9 Å². The fraction of sp³-hybridized carbons (Fsp3) is 0.207. The number of benzene rings is 2. The number of nitrogens with two attached hydrogens (primary N) is 1. The first-order valence-corrected chi connectivity index (χ1v) is 14.5. The molecule has 0 radical (unpaired) electrons. The molecule has 1 aliphatic heterocycles. The van der Waals surface area contributed by atoms with Crippen LogP contribution in [0.5, 0.6) is 5.75 Å². The molecule has 0 saturated heterocycles. The number of ether oxygens (including phenoxy) is 1. The molecule has 0 saturated carbocycles. The lowest BCUT2D eigenvalue weighted by atomic mass is 9.94. The first-order chi connectivity index (χ1) is 19.1. The van der Waals surface area contributed by atoms with Crippen molar-refractivity contribution in [1.82, 2.24) is 14.3 Å². The van der Waals surface area contributed by atoms with Gasteiger partial charge in [-0.1, -0.05) is 24.3 Å². The molecule has 40 heavy (non-hydrogen) atoms. The number of nitrogens with one attached hydrogen (secondary N) is 2. The highest BCUT2D eigenvalue weighted by Crippen LogP contribution is 2.37. The van der Waals surface area contributed by atoms with E-state index in [4.69, 9.17) is 10.5 Å². The number of aromatic nitrogens is 2. The number of hydrogen-bond acceptors (Lipinski definition) is 6. The first kappa shape index (κ1) is 27.1. The molecule has 1 aliphatic rings. The van der Waals surface area contributed by atoms with Crippen molar-refractivity contribution in [3.8, 4) is 16.9 Å². The average molecular weight is 560 g/mol. The molecule has 5 rings (SSSR count). The number of hydrogen-bond donors (Lipinski definition) is 3. The molecule has 4 aromatic rings. The molecule has 206 valence electrons. The first-order valence-electron chi connectivity index (χ1n) is 12.6. The molecule has 11 heteroatoms. The number of carbonyl (C=O) groups is 2. The average Bonchev–Trinajstić information content (AvgIpc) is 3.38. The van der Waals surface area contributed by atoms with Crippen molar-refractivity contribution in [2.45, 2.75) is 13.3 Å². The Morgan fingerprint density at radius 2 is 1.98 bits per heavy atom. The summed E-state index contributed by atoms with van der Waals surface area (Å²) in [6.45, 7) is 2.41. The van der Waals surface area contributed by atoms with E-state index in [0.717, 1.165) is 33.3 Å². The normalized spacial score (nSPS) is 14.1. The zero-order chi connectivity index (χ0) is 28.4. The fourth-order valence-electron chi connectivity index (χ4n) is 4.86. The van der Waals surface area contributed by atoms with Crippen molar-refractivity contribution in [2.24, 2.45) is 5.73 Å². The summed E-state index contributed by atoms with van der Waals surface area (Å²) in [6.07, 6.45) is 6.78. The molecular formula is C29H29N5O5S. The Kier molecular flexibility index (Phi) is 7.42. The van der Waals surface area contributed by atoms with Gasteiger partial charge in [0.15, 0.2) is 6.61 Å². The van der Waals surface area contributed by atoms with Crippen LogP contribution in [0.4, 0.5) is 5.69 Å². The molecule has 3 heterocycles. The van der Waals surface area contributed by atoms with Crippen molar-refractivity contribution < 1.29 is 22.7 Å². The maximum absolute atomic E-state index is 12.6. The van der Waals surface area contributed by atoms with E-state index < -0.39 is 15.9 Å². The highest BCUT2D eigenvalue weighted by molar-refractivity contribution is 7.88. The Bertz CT molecular complexity index is 1750. The van der Waals surface area contributed by atoms with Crippen LogP contribution in [0.1, 0.15) is 28.0 Å². The predicted molar refractivity (Wildman–Crippen MR) is 154 cm³/mol. The third kappa shape index (κ3) is 5.61. The summed E-state index contributed by atoms with van der Waals surface area (Å²) < 4.78 is 30.8. The van der Waals surface area contributed by atoms with Crippen LogP contribution in [0.15, 0.2) is 67.0 Å². The van der Waals surface area contributed by atoms with Crippen LogP contribution < -0.4 is 15.8 Å². The zero-order valence-electron chi connectivity index (χ0n) is 22.1. The van der Waals surface area contributed by atoms with Crippen LogP contribution in [0, 0.1) is 6.92 Å². The minimum Gasteiger partial charge on any atom is -0.482 e. The van der Waals surface area contributed by atoms with Gasteiger partial charge in [0.25, 0.3) is 11.8 Å². The zero-order valence-corrected chi connectivity index (χ0v) is 22.9. The van der Waals surface area contributed by atoms with E-state index in [1.165, 1.54) is 16.8 Å². The van der Waals surface area contributed by atoms with Crippen molar-refractivity contribution in [3.05, 3.63) is 83.8 Å². The fourth-order valence-corrected chi connectivity index (χ4v) is 5.63. The van der Waals surface area contributed by atoms with E-state index in [1.807, 2.05) is 43.3 Å². The molecular weight excluding hydrogens is 530 g/mol. The van der Waals surface area contributed by atoms with Gasteiger partial charge in [0, 0.05) is 36.1 Å². The molecule has 0 aliphatic carbocycles. The summed E-state index contributed by atoms with van der Waals surface area (Å²) in [6, 6.07) is 14.6. The molecule has 0 fully saturated rings. The minimum atomic E-state index is -3.28. The van der Waals surface area contributed by atoms with Crippen molar-refractivity contribution in [2.75, 3.05) is 31.3 Å². The monoisotopic (exact) mass is 559 g/mol. The minimum absolute atomic E-state index is 0.167. The number of pyridine rings is 1.